The van der Waals surface area contributed by atoms with Gasteiger partial charge in [-0.3, -0.25) is 24.0 Å². The number of amides is 1. The van der Waals surface area contributed by atoms with Crippen LogP contribution in [0.15, 0.2) is 28.7 Å². The molecule has 0 bridgehead atoms. The lowest BCUT2D eigenvalue weighted by molar-refractivity contribution is -0.184. The first kappa shape index (κ1) is 45.8. The first-order valence-corrected chi connectivity index (χ1v) is 23.3. The van der Waals surface area contributed by atoms with Crippen LogP contribution in [0.2, 0.25) is 0 Å². The molecule has 0 spiro atoms. The van der Waals surface area contributed by atoms with E-state index < -0.39 is 96.0 Å². The molecule has 2 saturated heterocycles. The molecule has 2 aliphatic heterocycles. The Labute approximate surface area is 380 Å². The number of likely N-dealkylation sites (tertiary alicyclic amines) is 1. The summed E-state index contributed by atoms with van der Waals surface area (Å²) in [5, 5.41) is 33.2. The molecule has 18 heteroatoms. The zero-order valence-corrected chi connectivity index (χ0v) is 37.6. The molecule has 5 unspecified atom stereocenters. The van der Waals surface area contributed by atoms with E-state index in [4.69, 9.17) is 18.9 Å². The third-order valence-corrected chi connectivity index (χ3v) is 16.7. The van der Waals surface area contributed by atoms with Gasteiger partial charge in [0.15, 0.2) is 24.0 Å². The first-order valence-electron chi connectivity index (χ1n) is 23.3. The number of nitrogens with zero attached hydrogens (tertiary/aromatic N) is 3. The number of methoxy groups -OCH3 is 1. The van der Waals surface area contributed by atoms with Gasteiger partial charge in [0.25, 0.3) is 0 Å². The maximum Gasteiger partial charge on any atom is 0.412 e. The SMILES string of the molecule is COc1c(N2CC3CCCN(C(=O)OCOC(=O)CCC(=O)OCC(=O)[C@@]4(O)CCC5C6CCC7=CC(=O)CC[C@]7(C)C6[C@@H](O)C[C@@]54C)C3C2)c(F)cc2c(=O)c(C(=O)O)cn(C3CC3)c12. The molecule has 7 aliphatic rings. The molecule has 3 heterocycles. The maximum absolute atomic E-state index is 16.1. The lowest BCUT2D eigenvalue weighted by Gasteiger charge is -2.60. The van der Waals surface area contributed by atoms with Crippen molar-refractivity contribution in [2.75, 3.05) is 45.0 Å². The van der Waals surface area contributed by atoms with Gasteiger partial charge < -0.3 is 48.6 Å². The first-order chi connectivity index (χ1) is 31.4. The predicted octanol–water partition coefficient (Wildman–Crippen LogP) is 4.85. The quantitative estimate of drug-likeness (QED) is 0.191. The van der Waals surface area contributed by atoms with E-state index in [0.29, 0.717) is 44.3 Å². The van der Waals surface area contributed by atoms with Gasteiger partial charge in [-0.25, -0.2) is 14.0 Å². The summed E-state index contributed by atoms with van der Waals surface area (Å²) in [7, 11) is 1.36. The molecule has 66 heavy (non-hydrogen) atoms. The van der Waals surface area contributed by atoms with Crippen molar-refractivity contribution in [1.82, 2.24) is 9.47 Å². The van der Waals surface area contributed by atoms with Gasteiger partial charge in [-0.05, 0) is 105 Å². The summed E-state index contributed by atoms with van der Waals surface area (Å²) in [6, 6.07) is 0.585. The maximum atomic E-state index is 16.1. The second kappa shape index (κ2) is 17.1. The van der Waals surface area contributed by atoms with Crippen molar-refractivity contribution in [2.24, 2.45) is 34.5 Å². The number of aliphatic hydroxyl groups is 2. The van der Waals surface area contributed by atoms with E-state index in [0.717, 1.165) is 43.7 Å². The van der Waals surface area contributed by atoms with E-state index in [1.807, 2.05) is 6.92 Å². The number of benzene rings is 1. The van der Waals surface area contributed by atoms with Crippen LogP contribution in [0, 0.1) is 40.3 Å². The molecule has 1 amide bonds. The fraction of sp³-hybridized carbons (Fsp3) is 0.646. The Balaban J connectivity index is 0.759. The number of aromatic carboxylic acids is 1. The van der Waals surface area contributed by atoms with Crippen molar-refractivity contribution in [3.05, 3.63) is 45.5 Å². The summed E-state index contributed by atoms with van der Waals surface area (Å²) in [5.74, 6) is -4.49. The highest BCUT2D eigenvalue weighted by atomic mass is 19.1. The number of ketones is 2. The van der Waals surface area contributed by atoms with Crippen molar-refractivity contribution in [3.8, 4) is 5.75 Å². The van der Waals surface area contributed by atoms with Crippen LogP contribution in [0.5, 0.6) is 5.75 Å². The van der Waals surface area contributed by atoms with Crippen molar-refractivity contribution >= 4 is 52.2 Å². The van der Waals surface area contributed by atoms with Crippen LogP contribution < -0.4 is 15.1 Å². The number of carboxylic acids is 1. The number of pyridine rings is 1. The van der Waals surface area contributed by atoms with Crippen LogP contribution in [0.4, 0.5) is 14.9 Å². The van der Waals surface area contributed by atoms with Crippen molar-refractivity contribution in [1.29, 1.82) is 0 Å². The lowest BCUT2D eigenvalue weighted by Crippen LogP contribution is -2.62. The summed E-state index contributed by atoms with van der Waals surface area (Å²) in [6.07, 6.45) is 7.05. The second-order valence-electron chi connectivity index (χ2n) is 20.1. The Morgan fingerprint density at radius 3 is 2.39 bits per heavy atom. The number of piperidine rings is 1. The highest BCUT2D eigenvalue weighted by Crippen LogP contribution is 2.67. The van der Waals surface area contributed by atoms with Gasteiger partial charge >= 0.3 is 24.0 Å². The Morgan fingerprint density at radius 2 is 1.68 bits per heavy atom. The fourth-order valence-electron chi connectivity index (χ4n) is 13.3. The topological polar surface area (TPSA) is 229 Å². The van der Waals surface area contributed by atoms with Gasteiger partial charge in [-0.15, -0.1) is 0 Å². The Bertz CT molecular complexity index is 2480. The Morgan fingerprint density at radius 1 is 0.939 bits per heavy atom. The molecule has 9 rings (SSSR count). The molecule has 356 valence electrons. The van der Waals surface area contributed by atoms with E-state index >= 15 is 4.39 Å². The van der Waals surface area contributed by atoms with Crippen molar-refractivity contribution in [3.63, 3.8) is 0 Å². The lowest BCUT2D eigenvalue weighted by atomic mass is 9.45. The molecule has 1 aromatic heterocycles. The number of carboxylic acid groups (broad SMARTS) is 1. The number of aliphatic hydroxyl groups excluding tert-OH is 1. The minimum atomic E-state index is -1.83. The zero-order valence-electron chi connectivity index (χ0n) is 37.6. The second-order valence-corrected chi connectivity index (χ2v) is 20.1. The molecule has 1 aromatic carbocycles. The number of rotatable bonds is 12. The smallest absolute Gasteiger partial charge is 0.412 e. The highest BCUT2D eigenvalue weighted by molar-refractivity contribution is 5.97. The average molecular weight is 920 g/mol. The van der Waals surface area contributed by atoms with Crippen LogP contribution in [0.1, 0.15) is 114 Å². The average Bonchev–Trinajstić information content (AvgIpc) is 3.97. The number of ether oxygens (including phenoxy) is 4. The van der Waals surface area contributed by atoms with Crippen LogP contribution in [-0.4, -0.2) is 118 Å². The van der Waals surface area contributed by atoms with E-state index in [9.17, 15) is 48.9 Å². The monoisotopic (exact) mass is 919 g/mol. The van der Waals surface area contributed by atoms with Crippen LogP contribution >= 0.6 is 0 Å². The molecular weight excluding hydrogens is 862 g/mol. The summed E-state index contributed by atoms with van der Waals surface area (Å²) >= 11 is 0. The zero-order chi connectivity index (χ0) is 47.0. The number of Topliss-reactive ketones (excluding diaryl/α,β-unsaturated/α-hetero) is 1. The number of allylic oxidation sites excluding steroid dienone is 1. The molecule has 0 radical (unpaired) electrons. The number of carbonyl (C=O) groups is 6. The number of hydrogen-bond acceptors (Lipinski definition) is 14. The van der Waals surface area contributed by atoms with Crippen LogP contribution in [0.3, 0.4) is 0 Å². The minimum absolute atomic E-state index is 0.0448. The molecule has 2 aromatic rings. The number of fused-ring (bicyclic) bond motifs is 7. The van der Waals surface area contributed by atoms with Crippen LogP contribution in [-0.2, 0) is 33.4 Å². The van der Waals surface area contributed by atoms with Gasteiger partial charge in [0, 0.05) is 43.7 Å². The molecule has 17 nitrogen and oxygen atoms in total. The standard InChI is InChI=1S/C48H58FN3O14/c1-46-14-12-28(53)17-26(46)6-9-29-32-13-15-48(62,47(32,2)19-35(54)39(29)46)36(55)23-64-37(56)10-11-38(57)65-24-66-45(61)51-16-4-5-25-20-50(22-34(25)51)41-33(49)18-30-40(43(41)63-3)52(27-7-8-27)21-31(42(30)58)44(59)60/h17-18,21,25,27,29,32,34-35,39,54,62H,4-16,19-20,22-24H2,1-3H3,(H,59,60)/t25?,29?,32?,34?,35-,39?,46-,47-,48-/m0/s1. The molecular formula is C48H58FN3O14. The molecule has 5 aliphatic carbocycles. The van der Waals surface area contributed by atoms with Crippen molar-refractivity contribution in [2.45, 2.75) is 121 Å². The number of halogens is 1. The van der Waals surface area contributed by atoms with Gasteiger partial charge in [0.05, 0.1) is 43.0 Å². The molecule has 4 saturated carbocycles. The third kappa shape index (κ3) is 7.55. The van der Waals surface area contributed by atoms with Crippen LogP contribution in [0.25, 0.3) is 10.9 Å². The van der Waals surface area contributed by atoms with Gasteiger partial charge in [-0.2, -0.15) is 0 Å². The Hall–Kier alpha value is -5.36. The molecule has 6 fully saturated rings. The highest BCUT2D eigenvalue weighted by Gasteiger charge is 2.68. The number of carbonyl (C=O) groups excluding carboxylic acids is 5. The number of aromatic nitrogens is 1. The van der Waals surface area contributed by atoms with Gasteiger partial charge in [-0.1, -0.05) is 19.4 Å². The van der Waals surface area contributed by atoms with E-state index in [2.05, 4.69) is 6.92 Å². The van der Waals surface area contributed by atoms with E-state index in [-0.39, 0.29) is 77.1 Å². The van der Waals surface area contributed by atoms with Crippen molar-refractivity contribution < 1.29 is 67.4 Å². The normalized spacial score (nSPS) is 32.4. The summed E-state index contributed by atoms with van der Waals surface area (Å²) in [4.78, 5) is 92.9. The van der Waals surface area contributed by atoms with Gasteiger partial charge in [0.1, 0.15) is 16.9 Å². The predicted molar refractivity (Wildman–Crippen MR) is 231 cm³/mol. The largest absolute Gasteiger partial charge is 0.492 e. The third-order valence-electron chi connectivity index (χ3n) is 16.7. The van der Waals surface area contributed by atoms with E-state index in [1.54, 1.807) is 15.5 Å². The van der Waals surface area contributed by atoms with Gasteiger partial charge in [0.2, 0.25) is 18.0 Å². The summed E-state index contributed by atoms with van der Waals surface area (Å²) < 4.78 is 39.2. The fourth-order valence-corrected chi connectivity index (χ4v) is 13.3. The number of anilines is 1. The minimum Gasteiger partial charge on any atom is -0.492 e. The van der Waals surface area contributed by atoms with E-state index in [1.165, 1.54) is 18.2 Å². The molecule has 9 atom stereocenters. The Kier molecular flexibility index (Phi) is 11.8. The number of esters is 2. The summed E-state index contributed by atoms with van der Waals surface area (Å²) in [6.45, 7) is 3.43. The number of hydrogen-bond donors (Lipinski definition) is 3. The molecule has 3 N–H and O–H groups in total. The summed E-state index contributed by atoms with van der Waals surface area (Å²) in [5.41, 5.74) is -2.87.